The first-order valence-electron chi connectivity index (χ1n) is 11.5. The normalized spacial score (nSPS) is 19.2. The van der Waals surface area contributed by atoms with Crippen LogP contribution in [-0.2, 0) is 17.8 Å². The smallest absolute Gasteiger partial charge is 0.320 e. The van der Waals surface area contributed by atoms with Crippen LogP contribution in [0.3, 0.4) is 0 Å². The Balaban J connectivity index is 1.36. The summed E-state index contributed by atoms with van der Waals surface area (Å²) < 4.78 is 7.89. The lowest BCUT2D eigenvalue weighted by Crippen LogP contribution is -2.28. The summed E-state index contributed by atoms with van der Waals surface area (Å²) in [7, 11) is 1.85. The van der Waals surface area contributed by atoms with Crippen molar-refractivity contribution in [2.45, 2.75) is 32.4 Å². The van der Waals surface area contributed by atoms with Gasteiger partial charge in [-0.15, -0.1) is 0 Å². The van der Waals surface area contributed by atoms with Crippen LogP contribution in [0.15, 0.2) is 42.5 Å². The van der Waals surface area contributed by atoms with Crippen LogP contribution in [0, 0.1) is 0 Å². The average Bonchev–Trinajstić information content (AvgIpc) is 3.54. The number of likely N-dealkylation sites (N-methyl/N-ethyl adjacent to an activating group) is 1. The van der Waals surface area contributed by atoms with Crippen LogP contribution in [-0.4, -0.2) is 58.7 Å². The quantitative estimate of drug-likeness (QED) is 0.574. The Morgan fingerprint density at radius 1 is 1.12 bits per heavy atom. The van der Waals surface area contributed by atoms with Gasteiger partial charge in [-0.1, -0.05) is 42.5 Å². The minimum Gasteiger partial charge on any atom is -0.381 e. The summed E-state index contributed by atoms with van der Waals surface area (Å²) in [5, 5.41) is 0. The van der Waals surface area contributed by atoms with Crippen LogP contribution < -0.4 is 0 Å². The molecule has 1 unspecified atom stereocenters. The van der Waals surface area contributed by atoms with Crippen molar-refractivity contribution < 1.29 is 9.53 Å². The zero-order valence-electron chi connectivity index (χ0n) is 18.8. The standard InChI is InChI=1S/C26H30N4O2/c1-3-30-23-6-4-5-22(21-13-16-32-18-21)25(23)27-24(30)12-11-19-7-9-20(10-8-19)17-29-15-14-28(2)26(29)31/h4-12,21H,3,13-18H2,1-2H3/b12-11+. The topological polar surface area (TPSA) is 50.6 Å². The van der Waals surface area contributed by atoms with Gasteiger partial charge in [0.05, 0.1) is 17.6 Å². The second kappa shape index (κ2) is 8.79. The van der Waals surface area contributed by atoms with Crippen molar-refractivity contribution in [2.24, 2.45) is 0 Å². The first-order chi connectivity index (χ1) is 15.6. The van der Waals surface area contributed by atoms with E-state index < -0.39 is 0 Å². The average molecular weight is 431 g/mol. The molecular formula is C26H30N4O2. The molecule has 166 valence electrons. The highest BCUT2D eigenvalue weighted by Crippen LogP contribution is 2.31. The van der Waals surface area contributed by atoms with E-state index in [0.717, 1.165) is 61.7 Å². The zero-order chi connectivity index (χ0) is 22.1. The van der Waals surface area contributed by atoms with Crippen molar-refractivity contribution in [1.82, 2.24) is 19.4 Å². The lowest BCUT2D eigenvalue weighted by molar-refractivity contribution is 0.194. The van der Waals surface area contributed by atoms with Gasteiger partial charge in [-0.05, 0) is 42.2 Å². The molecule has 0 spiro atoms. The molecule has 0 radical (unpaired) electrons. The molecule has 6 nitrogen and oxygen atoms in total. The predicted molar refractivity (Wildman–Crippen MR) is 127 cm³/mol. The molecular weight excluding hydrogens is 400 g/mol. The predicted octanol–water partition coefficient (Wildman–Crippen LogP) is 4.60. The van der Waals surface area contributed by atoms with E-state index >= 15 is 0 Å². The molecule has 2 aliphatic rings. The molecule has 2 saturated heterocycles. The minimum absolute atomic E-state index is 0.107. The lowest BCUT2D eigenvalue weighted by atomic mass is 9.97. The molecule has 2 aromatic carbocycles. The number of carbonyl (C=O) groups excluding carboxylic acids is 1. The van der Waals surface area contributed by atoms with Crippen molar-refractivity contribution in [3.8, 4) is 0 Å². The SMILES string of the molecule is CCn1c(/C=C/c2ccc(CN3CCN(C)C3=O)cc2)nc2c(C3CCOC3)cccc21. The number of hydrogen-bond donors (Lipinski definition) is 0. The maximum Gasteiger partial charge on any atom is 0.320 e. The van der Waals surface area contributed by atoms with Crippen molar-refractivity contribution in [3.63, 3.8) is 0 Å². The van der Waals surface area contributed by atoms with Gasteiger partial charge >= 0.3 is 6.03 Å². The highest BCUT2D eigenvalue weighted by atomic mass is 16.5. The molecule has 3 heterocycles. The molecule has 2 amide bonds. The molecule has 2 aliphatic heterocycles. The van der Waals surface area contributed by atoms with Gasteiger partial charge in [-0.25, -0.2) is 9.78 Å². The van der Waals surface area contributed by atoms with Gasteiger partial charge in [0, 0.05) is 45.8 Å². The van der Waals surface area contributed by atoms with E-state index in [0.29, 0.717) is 12.5 Å². The van der Waals surface area contributed by atoms with E-state index in [1.165, 1.54) is 11.1 Å². The summed E-state index contributed by atoms with van der Waals surface area (Å²) in [4.78, 5) is 20.8. The minimum atomic E-state index is 0.107. The molecule has 32 heavy (non-hydrogen) atoms. The van der Waals surface area contributed by atoms with Crippen molar-refractivity contribution >= 4 is 29.2 Å². The fourth-order valence-electron chi connectivity index (χ4n) is 4.73. The molecule has 3 aromatic rings. The monoisotopic (exact) mass is 430 g/mol. The molecule has 6 heteroatoms. The van der Waals surface area contributed by atoms with Crippen LogP contribution in [0.2, 0.25) is 0 Å². The maximum absolute atomic E-state index is 12.1. The molecule has 0 aliphatic carbocycles. The van der Waals surface area contributed by atoms with Crippen LogP contribution >= 0.6 is 0 Å². The summed E-state index contributed by atoms with van der Waals surface area (Å²) in [6.45, 7) is 6.91. The molecule has 0 N–H and O–H groups in total. The Kier molecular flexibility index (Phi) is 5.70. The van der Waals surface area contributed by atoms with E-state index in [-0.39, 0.29) is 6.03 Å². The van der Waals surface area contributed by atoms with Gasteiger partial charge in [-0.3, -0.25) is 0 Å². The molecule has 1 aromatic heterocycles. The zero-order valence-corrected chi connectivity index (χ0v) is 18.8. The van der Waals surface area contributed by atoms with E-state index in [9.17, 15) is 4.79 Å². The number of nitrogens with zero attached hydrogens (tertiary/aromatic N) is 4. The van der Waals surface area contributed by atoms with E-state index in [1.54, 1.807) is 4.90 Å². The summed E-state index contributed by atoms with van der Waals surface area (Å²) in [5.41, 5.74) is 5.85. The van der Waals surface area contributed by atoms with Crippen molar-refractivity contribution in [1.29, 1.82) is 0 Å². The Morgan fingerprint density at radius 3 is 2.66 bits per heavy atom. The molecule has 0 saturated carbocycles. The highest BCUT2D eigenvalue weighted by molar-refractivity contribution is 5.83. The van der Waals surface area contributed by atoms with Crippen LogP contribution in [0.25, 0.3) is 23.2 Å². The number of benzene rings is 2. The number of aromatic nitrogens is 2. The summed E-state index contributed by atoms with van der Waals surface area (Å²) in [6.07, 6.45) is 5.28. The number of imidazole rings is 1. The van der Waals surface area contributed by atoms with Gasteiger partial charge in [0.15, 0.2) is 0 Å². The van der Waals surface area contributed by atoms with Gasteiger partial charge in [-0.2, -0.15) is 0 Å². The number of aryl methyl sites for hydroxylation is 1. The third kappa shape index (κ3) is 3.91. The largest absolute Gasteiger partial charge is 0.381 e. The summed E-state index contributed by atoms with van der Waals surface area (Å²) in [5.74, 6) is 1.41. The van der Waals surface area contributed by atoms with Gasteiger partial charge in [0.25, 0.3) is 0 Å². The Morgan fingerprint density at radius 2 is 1.97 bits per heavy atom. The first-order valence-corrected chi connectivity index (χ1v) is 11.5. The highest BCUT2D eigenvalue weighted by Gasteiger charge is 2.25. The van der Waals surface area contributed by atoms with E-state index in [1.807, 2.05) is 11.9 Å². The fourth-order valence-corrected chi connectivity index (χ4v) is 4.73. The molecule has 2 fully saturated rings. The van der Waals surface area contributed by atoms with E-state index in [4.69, 9.17) is 9.72 Å². The molecule has 1 atom stereocenters. The summed E-state index contributed by atoms with van der Waals surface area (Å²) >= 11 is 0. The van der Waals surface area contributed by atoms with Crippen LogP contribution in [0.5, 0.6) is 0 Å². The number of ether oxygens (including phenoxy) is 1. The molecule has 0 bridgehead atoms. The second-order valence-electron chi connectivity index (χ2n) is 8.69. The summed E-state index contributed by atoms with van der Waals surface area (Å²) in [6, 6.07) is 15.0. The van der Waals surface area contributed by atoms with Gasteiger partial charge in [0.1, 0.15) is 5.82 Å². The lowest BCUT2D eigenvalue weighted by Gasteiger charge is -2.15. The van der Waals surface area contributed by atoms with Gasteiger partial charge in [0.2, 0.25) is 0 Å². The van der Waals surface area contributed by atoms with Gasteiger partial charge < -0.3 is 19.1 Å². The number of para-hydroxylation sites is 1. The number of rotatable bonds is 6. The number of amides is 2. The fraction of sp³-hybridized carbons (Fsp3) is 0.385. The second-order valence-corrected chi connectivity index (χ2v) is 8.69. The number of hydrogen-bond acceptors (Lipinski definition) is 3. The Hall–Kier alpha value is -3.12. The van der Waals surface area contributed by atoms with Crippen LogP contribution in [0.1, 0.15) is 41.8 Å². The van der Waals surface area contributed by atoms with E-state index in [2.05, 4.69) is 66.1 Å². The third-order valence-electron chi connectivity index (χ3n) is 6.61. The Labute approximate surface area is 189 Å². The number of fused-ring (bicyclic) bond motifs is 1. The van der Waals surface area contributed by atoms with Crippen molar-refractivity contribution in [3.05, 3.63) is 65.0 Å². The number of carbonyl (C=O) groups is 1. The molecule has 5 rings (SSSR count). The third-order valence-corrected chi connectivity index (χ3v) is 6.61. The first kappa shape index (κ1) is 20.8. The van der Waals surface area contributed by atoms with Crippen molar-refractivity contribution in [2.75, 3.05) is 33.4 Å². The Bertz CT molecular complexity index is 1140. The number of urea groups is 1. The maximum atomic E-state index is 12.1. The van der Waals surface area contributed by atoms with Crippen LogP contribution in [0.4, 0.5) is 4.79 Å².